The molecule has 1 N–H and O–H groups in total. The predicted octanol–water partition coefficient (Wildman–Crippen LogP) is 2.57. The van der Waals surface area contributed by atoms with Gasteiger partial charge in [-0.2, -0.15) is 0 Å². The van der Waals surface area contributed by atoms with Gasteiger partial charge in [0, 0.05) is 36.9 Å². The normalized spacial score (nSPS) is 19.7. The standard InChI is InChI=1S/C15H26N4/c1-11(2)14-8-15(18-10-17-14)19-7-5-6-13(19)9-16-12(3)4/h8,10-13,16H,5-7,9H2,1-4H3. The van der Waals surface area contributed by atoms with Crippen LogP contribution in [0.25, 0.3) is 0 Å². The summed E-state index contributed by atoms with van der Waals surface area (Å²) in [6.45, 7) is 10.9. The van der Waals surface area contributed by atoms with E-state index in [1.807, 2.05) is 0 Å². The van der Waals surface area contributed by atoms with Crippen molar-refractivity contribution in [1.29, 1.82) is 0 Å². The Hall–Kier alpha value is -1.16. The van der Waals surface area contributed by atoms with Crippen molar-refractivity contribution in [3.8, 4) is 0 Å². The van der Waals surface area contributed by atoms with Gasteiger partial charge in [0.25, 0.3) is 0 Å². The summed E-state index contributed by atoms with van der Waals surface area (Å²) in [7, 11) is 0. The van der Waals surface area contributed by atoms with E-state index in [0.29, 0.717) is 18.0 Å². The highest BCUT2D eigenvalue weighted by Crippen LogP contribution is 2.25. The van der Waals surface area contributed by atoms with Gasteiger partial charge in [0.05, 0.1) is 0 Å². The minimum absolute atomic E-state index is 0.455. The molecule has 2 rings (SSSR count). The monoisotopic (exact) mass is 262 g/mol. The lowest BCUT2D eigenvalue weighted by Crippen LogP contribution is -2.40. The van der Waals surface area contributed by atoms with Gasteiger partial charge in [-0.25, -0.2) is 9.97 Å². The lowest BCUT2D eigenvalue weighted by Gasteiger charge is -2.27. The zero-order valence-corrected chi connectivity index (χ0v) is 12.6. The first-order valence-electron chi connectivity index (χ1n) is 7.40. The second-order valence-electron chi connectivity index (χ2n) is 6.01. The largest absolute Gasteiger partial charge is 0.352 e. The molecule has 106 valence electrons. The average molecular weight is 262 g/mol. The first-order chi connectivity index (χ1) is 9.08. The summed E-state index contributed by atoms with van der Waals surface area (Å²) in [5.41, 5.74) is 1.13. The van der Waals surface area contributed by atoms with Crippen LogP contribution in [0.4, 0.5) is 5.82 Å². The summed E-state index contributed by atoms with van der Waals surface area (Å²) in [5, 5.41) is 3.54. The van der Waals surface area contributed by atoms with E-state index in [2.05, 4.69) is 53.9 Å². The quantitative estimate of drug-likeness (QED) is 0.885. The molecular weight excluding hydrogens is 236 g/mol. The number of hydrogen-bond acceptors (Lipinski definition) is 4. The van der Waals surface area contributed by atoms with Gasteiger partial charge in [-0.15, -0.1) is 0 Å². The molecule has 4 heteroatoms. The predicted molar refractivity (Wildman–Crippen MR) is 79.6 cm³/mol. The summed E-state index contributed by atoms with van der Waals surface area (Å²) in [4.78, 5) is 11.3. The highest BCUT2D eigenvalue weighted by atomic mass is 15.2. The second kappa shape index (κ2) is 6.33. The minimum Gasteiger partial charge on any atom is -0.352 e. The number of rotatable bonds is 5. The molecule has 1 unspecified atom stereocenters. The molecule has 0 aromatic carbocycles. The molecular formula is C15H26N4. The zero-order valence-electron chi connectivity index (χ0n) is 12.6. The van der Waals surface area contributed by atoms with Crippen molar-refractivity contribution in [3.05, 3.63) is 18.1 Å². The van der Waals surface area contributed by atoms with Gasteiger partial charge in [-0.1, -0.05) is 27.7 Å². The van der Waals surface area contributed by atoms with Crippen LogP contribution in [0.5, 0.6) is 0 Å². The Morgan fingerprint density at radius 2 is 2.11 bits per heavy atom. The number of nitrogens with one attached hydrogen (secondary N) is 1. The van der Waals surface area contributed by atoms with Crippen LogP contribution in [0.3, 0.4) is 0 Å². The van der Waals surface area contributed by atoms with Gasteiger partial charge >= 0.3 is 0 Å². The van der Waals surface area contributed by atoms with E-state index in [-0.39, 0.29) is 0 Å². The highest BCUT2D eigenvalue weighted by Gasteiger charge is 2.25. The second-order valence-corrected chi connectivity index (χ2v) is 6.01. The Balaban J connectivity index is 2.08. The summed E-state index contributed by atoms with van der Waals surface area (Å²) in [6.07, 6.45) is 4.21. The third-order valence-corrected chi connectivity index (χ3v) is 3.70. The summed E-state index contributed by atoms with van der Waals surface area (Å²) in [6, 6.07) is 3.26. The van der Waals surface area contributed by atoms with Gasteiger partial charge in [0.15, 0.2) is 0 Å². The van der Waals surface area contributed by atoms with E-state index in [9.17, 15) is 0 Å². The molecule has 0 aliphatic carbocycles. The Kier molecular flexibility index (Phi) is 4.75. The summed E-state index contributed by atoms with van der Waals surface area (Å²) < 4.78 is 0. The van der Waals surface area contributed by atoms with Gasteiger partial charge in [-0.3, -0.25) is 0 Å². The van der Waals surface area contributed by atoms with Crippen LogP contribution in [-0.2, 0) is 0 Å². The molecule has 4 nitrogen and oxygen atoms in total. The van der Waals surface area contributed by atoms with E-state index < -0.39 is 0 Å². The van der Waals surface area contributed by atoms with Gasteiger partial charge in [0.2, 0.25) is 0 Å². The number of anilines is 1. The fourth-order valence-electron chi connectivity index (χ4n) is 2.56. The molecule has 2 heterocycles. The fraction of sp³-hybridized carbons (Fsp3) is 0.733. The topological polar surface area (TPSA) is 41.0 Å². The SMILES string of the molecule is CC(C)NCC1CCCN1c1cc(C(C)C)ncn1. The Labute approximate surface area is 116 Å². The maximum Gasteiger partial charge on any atom is 0.132 e. The van der Waals surface area contributed by atoms with Crippen molar-refractivity contribution < 1.29 is 0 Å². The molecule has 1 aromatic heterocycles. The van der Waals surface area contributed by atoms with Crippen molar-refractivity contribution >= 4 is 5.82 Å². The molecule has 0 bridgehead atoms. The van der Waals surface area contributed by atoms with Crippen molar-refractivity contribution in [3.63, 3.8) is 0 Å². The Morgan fingerprint density at radius 3 is 2.79 bits per heavy atom. The molecule has 0 amide bonds. The van der Waals surface area contributed by atoms with E-state index in [0.717, 1.165) is 24.6 Å². The maximum absolute atomic E-state index is 4.47. The van der Waals surface area contributed by atoms with E-state index >= 15 is 0 Å². The molecule has 1 aliphatic rings. The van der Waals surface area contributed by atoms with Crippen LogP contribution in [0.2, 0.25) is 0 Å². The van der Waals surface area contributed by atoms with Crippen molar-refractivity contribution in [2.75, 3.05) is 18.0 Å². The van der Waals surface area contributed by atoms with Crippen LogP contribution in [0, 0.1) is 0 Å². The smallest absolute Gasteiger partial charge is 0.132 e. The number of nitrogens with zero attached hydrogens (tertiary/aromatic N) is 3. The van der Waals surface area contributed by atoms with Crippen molar-refractivity contribution in [2.24, 2.45) is 0 Å². The molecule has 19 heavy (non-hydrogen) atoms. The van der Waals surface area contributed by atoms with E-state index in [1.54, 1.807) is 6.33 Å². The van der Waals surface area contributed by atoms with E-state index in [4.69, 9.17) is 0 Å². The van der Waals surface area contributed by atoms with Crippen LogP contribution in [0.15, 0.2) is 12.4 Å². The van der Waals surface area contributed by atoms with Crippen molar-refractivity contribution in [1.82, 2.24) is 15.3 Å². The van der Waals surface area contributed by atoms with Gasteiger partial charge in [0.1, 0.15) is 12.1 Å². The lowest BCUT2D eigenvalue weighted by atomic mass is 10.1. The Morgan fingerprint density at radius 1 is 1.32 bits per heavy atom. The first-order valence-corrected chi connectivity index (χ1v) is 7.40. The summed E-state index contributed by atoms with van der Waals surface area (Å²) in [5.74, 6) is 1.54. The number of aromatic nitrogens is 2. The molecule has 1 aromatic rings. The summed E-state index contributed by atoms with van der Waals surface area (Å²) >= 11 is 0. The molecule has 0 spiro atoms. The third kappa shape index (κ3) is 3.66. The van der Waals surface area contributed by atoms with Crippen LogP contribution in [-0.4, -0.2) is 35.1 Å². The van der Waals surface area contributed by atoms with E-state index in [1.165, 1.54) is 12.8 Å². The lowest BCUT2D eigenvalue weighted by molar-refractivity contribution is 0.522. The number of hydrogen-bond donors (Lipinski definition) is 1. The molecule has 0 radical (unpaired) electrons. The van der Waals surface area contributed by atoms with Gasteiger partial charge in [-0.05, 0) is 18.8 Å². The van der Waals surface area contributed by atoms with Gasteiger partial charge < -0.3 is 10.2 Å². The molecule has 1 fully saturated rings. The Bertz CT molecular complexity index is 403. The van der Waals surface area contributed by atoms with Crippen molar-refractivity contribution in [2.45, 2.75) is 58.5 Å². The third-order valence-electron chi connectivity index (χ3n) is 3.70. The van der Waals surface area contributed by atoms with Crippen LogP contribution >= 0.6 is 0 Å². The molecule has 1 atom stereocenters. The fourth-order valence-corrected chi connectivity index (χ4v) is 2.56. The maximum atomic E-state index is 4.47. The molecule has 1 saturated heterocycles. The molecule has 1 aliphatic heterocycles. The minimum atomic E-state index is 0.455. The first kappa shape index (κ1) is 14.3. The van der Waals surface area contributed by atoms with Crippen LogP contribution < -0.4 is 10.2 Å². The molecule has 0 saturated carbocycles. The zero-order chi connectivity index (χ0) is 13.8. The van der Waals surface area contributed by atoms with Crippen LogP contribution in [0.1, 0.15) is 52.1 Å². The average Bonchev–Trinajstić information content (AvgIpc) is 2.84. The highest BCUT2D eigenvalue weighted by molar-refractivity contribution is 5.42.